The highest BCUT2D eigenvalue weighted by molar-refractivity contribution is 5.94. The van der Waals surface area contributed by atoms with Crippen LogP contribution in [0, 0.1) is 0 Å². The Hall–Kier alpha value is -5.18. The quantitative estimate of drug-likeness (QED) is 0.105. The van der Waals surface area contributed by atoms with E-state index in [4.69, 9.17) is 16.6 Å². The minimum absolute atomic E-state index is 0.0382. The summed E-state index contributed by atoms with van der Waals surface area (Å²) in [6.07, 6.45) is -1.49. The van der Waals surface area contributed by atoms with Crippen molar-refractivity contribution < 1.29 is 49.2 Å². The fourth-order valence-electron chi connectivity index (χ4n) is 3.93. The predicted molar refractivity (Wildman–Crippen MR) is 150 cm³/mol. The van der Waals surface area contributed by atoms with E-state index < -0.39 is 72.6 Å². The molecule has 15 heteroatoms. The Labute approximate surface area is 246 Å². The standard InChI is InChI=1S/C28H35N5O10/c29-19(9-11-23(30)36)25(39)32-21(13-15-1-5-17(34)6-2-15)27(41)33-22(14-16-3-7-18(35)8-4-16)26(40)31-20(28(42)43)10-12-24(37)38/h1-8,19-22,34-35H,9-14,29H2,(H2,30,36)(H,31,40)(H,32,39)(H,33,41)(H,37,38)(H,42,43). The number of benzene rings is 2. The van der Waals surface area contributed by atoms with Gasteiger partial charge < -0.3 is 47.8 Å². The summed E-state index contributed by atoms with van der Waals surface area (Å²) in [5.41, 5.74) is 12.0. The molecule has 4 amide bonds. The molecule has 0 saturated heterocycles. The summed E-state index contributed by atoms with van der Waals surface area (Å²) in [5.74, 6) is -6.08. The summed E-state index contributed by atoms with van der Waals surface area (Å²) in [6.45, 7) is 0. The van der Waals surface area contributed by atoms with E-state index in [9.17, 15) is 44.1 Å². The molecule has 15 nitrogen and oxygen atoms in total. The molecule has 0 aliphatic heterocycles. The van der Waals surface area contributed by atoms with E-state index >= 15 is 0 Å². The average molecular weight is 602 g/mol. The van der Waals surface area contributed by atoms with E-state index in [-0.39, 0.29) is 37.2 Å². The Morgan fingerprint density at radius 3 is 1.44 bits per heavy atom. The molecule has 11 N–H and O–H groups in total. The zero-order valence-electron chi connectivity index (χ0n) is 23.1. The maximum atomic E-state index is 13.5. The SMILES string of the molecule is NC(=O)CCC(N)C(=O)NC(Cc1ccc(O)cc1)C(=O)NC(Cc1ccc(O)cc1)C(=O)NC(CCC(=O)O)C(=O)O. The molecule has 0 radical (unpaired) electrons. The van der Waals surface area contributed by atoms with Gasteiger partial charge >= 0.3 is 11.9 Å². The van der Waals surface area contributed by atoms with Crippen LogP contribution in [0.4, 0.5) is 0 Å². The number of amides is 4. The van der Waals surface area contributed by atoms with Crippen LogP contribution in [0.25, 0.3) is 0 Å². The maximum Gasteiger partial charge on any atom is 0.326 e. The number of phenols is 2. The van der Waals surface area contributed by atoms with Gasteiger partial charge in [-0.05, 0) is 48.2 Å². The number of hydrogen-bond donors (Lipinski definition) is 9. The van der Waals surface area contributed by atoms with Crippen LogP contribution < -0.4 is 27.4 Å². The molecule has 0 aliphatic carbocycles. The van der Waals surface area contributed by atoms with Crippen LogP contribution in [0.2, 0.25) is 0 Å². The number of primary amides is 1. The number of aliphatic carboxylic acids is 2. The lowest BCUT2D eigenvalue weighted by molar-refractivity contribution is -0.143. The lowest BCUT2D eigenvalue weighted by Gasteiger charge is -2.25. The van der Waals surface area contributed by atoms with E-state index in [0.717, 1.165) is 0 Å². The van der Waals surface area contributed by atoms with Crippen LogP contribution in [-0.4, -0.2) is 80.2 Å². The van der Waals surface area contributed by atoms with E-state index in [1.54, 1.807) is 0 Å². The molecule has 2 rings (SSSR count). The lowest BCUT2D eigenvalue weighted by Crippen LogP contribution is -2.58. The second-order valence-electron chi connectivity index (χ2n) is 9.81. The van der Waals surface area contributed by atoms with Crippen molar-refractivity contribution >= 4 is 35.6 Å². The van der Waals surface area contributed by atoms with Gasteiger partial charge in [0.05, 0.1) is 6.04 Å². The molecular formula is C28H35N5O10. The van der Waals surface area contributed by atoms with Crippen molar-refractivity contribution in [3.8, 4) is 11.5 Å². The number of nitrogens with one attached hydrogen (secondary N) is 3. The minimum Gasteiger partial charge on any atom is -0.508 e. The van der Waals surface area contributed by atoms with Crippen LogP contribution in [-0.2, 0) is 41.6 Å². The van der Waals surface area contributed by atoms with Gasteiger partial charge in [0.2, 0.25) is 23.6 Å². The largest absolute Gasteiger partial charge is 0.508 e. The van der Waals surface area contributed by atoms with Gasteiger partial charge in [-0.3, -0.25) is 24.0 Å². The number of nitrogens with two attached hydrogens (primary N) is 2. The number of rotatable bonds is 17. The molecule has 2 aromatic carbocycles. The van der Waals surface area contributed by atoms with Crippen molar-refractivity contribution in [2.24, 2.45) is 11.5 Å². The Morgan fingerprint density at radius 1 is 0.628 bits per heavy atom. The fourth-order valence-corrected chi connectivity index (χ4v) is 3.93. The van der Waals surface area contributed by atoms with Gasteiger partial charge in [0.25, 0.3) is 0 Å². The first-order valence-corrected chi connectivity index (χ1v) is 13.2. The van der Waals surface area contributed by atoms with E-state index in [1.165, 1.54) is 48.5 Å². The molecule has 0 fully saturated rings. The molecule has 43 heavy (non-hydrogen) atoms. The molecule has 0 spiro atoms. The molecule has 0 aliphatic rings. The van der Waals surface area contributed by atoms with Crippen LogP contribution in [0.3, 0.4) is 0 Å². The van der Waals surface area contributed by atoms with Crippen LogP contribution in [0.5, 0.6) is 11.5 Å². The molecular weight excluding hydrogens is 566 g/mol. The summed E-state index contributed by atoms with van der Waals surface area (Å²) in [7, 11) is 0. The van der Waals surface area contributed by atoms with Crippen molar-refractivity contribution in [2.75, 3.05) is 0 Å². The van der Waals surface area contributed by atoms with Crippen molar-refractivity contribution in [1.29, 1.82) is 0 Å². The van der Waals surface area contributed by atoms with Gasteiger partial charge in [-0.2, -0.15) is 0 Å². The first kappa shape index (κ1) is 34.0. The van der Waals surface area contributed by atoms with Gasteiger partial charge in [0, 0.05) is 25.7 Å². The minimum atomic E-state index is -1.57. The number of carbonyl (C=O) groups excluding carboxylic acids is 4. The normalized spacial score (nSPS) is 13.5. The summed E-state index contributed by atoms with van der Waals surface area (Å²) < 4.78 is 0. The monoisotopic (exact) mass is 601 g/mol. The number of hydrogen-bond acceptors (Lipinski definition) is 9. The van der Waals surface area contributed by atoms with E-state index in [0.29, 0.717) is 11.1 Å². The van der Waals surface area contributed by atoms with Crippen LogP contribution in [0.1, 0.15) is 36.8 Å². The van der Waals surface area contributed by atoms with Gasteiger partial charge in [-0.15, -0.1) is 0 Å². The third-order valence-corrected chi connectivity index (χ3v) is 6.32. The van der Waals surface area contributed by atoms with Gasteiger partial charge in [-0.1, -0.05) is 24.3 Å². The topological polar surface area (TPSA) is 271 Å². The smallest absolute Gasteiger partial charge is 0.326 e. The Kier molecular flexibility index (Phi) is 12.9. The Bertz CT molecular complexity index is 1300. The van der Waals surface area contributed by atoms with Gasteiger partial charge in [0.15, 0.2) is 0 Å². The van der Waals surface area contributed by atoms with Crippen molar-refractivity contribution in [3.05, 3.63) is 59.7 Å². The number of aromatic hydroxyl groups is 2. The van der Waals surface area contributed by atoms with E-state index in [1.807, 2.05) is 0 Å². The first-order valence-electron chi connectivity index (χ1n) is 13.2. The van der Waals surface area contributed by atoms with Crippen molar-refractivity contribution in [1.82, 2.24) is 16.0 Å². The zero-order valence-corrected chi connectivity index (χ0v) is 23.1. The van der Waals surface area contributed by atoms with Crippen LogP contribution >= 0.6 is 0 Å². The highest BCUT2D eigenvalue weighted by Gasteiger charge is 2.31. The molecule has 0 saturated carbocycles. The summed E-state index contributed by atoms with van der Waals surface area (Å²) >= 11 is 0. The molecule has 0 bridgehead atoms. The van der Waals surface area contributed by atoms with Crippen molar-refractivity contribution in [2.45, 2.75) is 62.7 Å². The summed E-state index contributed by atoms with van der Waals surface area (Å²) in [4.78, 5) is 73.3. The van der Waals surface area contributed by atoms with Crippen LogP contribution in [0.15, 0.2) is 48.5 Å². The second-order valence-corrected chi connectivity index (χ2v) is 9.81. The maximum absolute atomic E-state index is 13.5. The lowest BCUT2D eigenvalue weighted by atomic mass is 10.0. The van der Waals surface area contributed by atoms with Gasteiger partial charge in [-0.25, -0.2) is 4.79 Å². The molecule has 2 aromatic rings. The summed E-state index contributed by atoms with van der Waals surface area (Å²) in [6, 6.07) is 5.95. The number of phenolic OH excluding ortho intramolecular Hbond substituents is 2. The van der Waals surface area contributed by atoms with Gasteiger partial charge in [0.1, 0.15) is 29.6 Å². The summed E-state index contributed by atoms with van der Waals surface area (Å²) in [5, 5.41) is 44.9. The highest BCUT2D eigenvalue weighted by atomic mass is 16.4. The van der Waals surface area contributed by atoms with Crippen molar-refractivity contribution in [3.63, 3.8) is 0 Å². The third kappa shape index (κ3) is 12.1. The Morgan fingerprint density at radius 2 is 1.05 bits per heavy atom. The molecule has 4 unspecified atom stereocenters. The average Bonchev–Trinajstić information content (AvgIpc) is 2.94. The third-order valence-electron chi connectivity index (χ3n) is 6.32. The molecule has 232 valence electrons. The molecule has 4 atom stereocenters. The Balaban J connectivity index is 2.33. The van der Waals surface area contributed by atoms with E-state index in [2.05, 4.69) is 16.0 Å². The number of carbonyl (C=O) groups is 6. The number of carboxylic acids is 2. The zero-order chi connectivity index (χ0) is 32.1. The molecule has 0 aromatic heterocycles. The highest BCUT2D eigenvalue weighted by Crippen LogP contribution is 2.14. The number of carboxylic acid groups (broad SMARTS) is 2. The fraction of sp³-hybridized carbons (Fsp3) is 0.357. The second kappa shape index (κ2) is 16.3. The predicted octanol–water partition coefficient (Wildman–Crippen LogP) is -1.12. The first-order chi connectivity index (χ1) is 20.2. The molecule has 0 heterocycles.